The van der Waals surface area contributed by atoms with Crippen LogP contribution in [0.1, 0.15) is 6.23 Å². The number of phosphoric acid groups is 3. The van der Waals surface area contributed by atoms with Gasteiger partial charge in [-0.25, -0.2) is 33.0 Å². The first-order chi connectivity index (χ1) is 16.1. The predicted molar refractivity (Wildman–Crippen MR) is 107 cm³/mol. The van der Waals surface area contributed by atoms with Crippen molar-refractivity contribution < 1.29 is 60.6 Å². The number of hydrogen-bond acceptors (Lipinski definition) is 13. The zero-order valence-electron chi connectivity index (χ0n) is 16.8. The van der Waals surface area contributed by atoms with Gasteiger partial charge < -0.3 is 35.2 Å². The van der Waals surface area contributed by atoms with Crippen LogP contribution in [-0.2, 0) is 31.6 Å². The van der Waals surface area contributed by atoms with Crippen LogP contribution in [0.2, 0.25) is 0 Å². The summed E-state index contributed by atoms with van der Waals surface area (Å²) in [7, 11) is -17.2. The van der Waals surface area contributed by atoms with Gasteiger partial charge in [-0.2, -0.15) is 8.62 Å². The van der Waals surface area contributed by atoms with Gasteiger partial charge in [0.1, 0.15) is 23.5 Å². The van der Waals surface area contributed by atoms with E-state index in [1.807, 2.05) is 0 Å². The van der Waals surface area contributed by atoms with Gasteiger partial charge in [-0.1, -0.05) is 5.11 Å². The lowest BCUT2D eigenvalue weighted by Gasteiger charge is -2.30. The molecule has 1 fully saturated rings. The normalized spacial score (nSPS) is 28.3. The molecule has 0 radical (unpaired) electrons. The number of aromatic nitrogens is 4. The molecular weight excluding hydrogens is 548 g/mol. The van der Waals surface area contributed by atoms with Crippen LogP contribution in [0.5, 0.6) is 0 Å². The SMILES string of the molecule is [N-]=[N+]=NC[C@]1(COP(=O)(O)OP(=O)(O)OP(=O)(O)O)O[C@@H](n2cnc3c(N)ncnc32)[C@H](F)[C@@H]1O. The molecule has 2 aromatic rings. The van der Waals surface area contributed by atoms with Gasteiger partial charge in [0.05, 0.1) is 19.5 Å². The van der Waals surface area contributed by atoms with Crippen molar-refractivity contribution in [3.8, 4) is 0 Å². The van der Waals surface area contributed by atoms with Crippen LogP contribution in [0.4, 0.5) is 10.2 Å². The van der Waals surface area contributed by atoms with E-state index in [0.29, 0.717) is 0 Å². The first kappa shape index (κ1) is 27.5. The van der Waals surface area contributed by atoms with E-state index >= 15 is 4.39 Å². The lowest BCUT2D eigenvalue weighted by molar-refractivity contribution is -0.118. The molecule has 0 amide bonds. The number of imidazole rings is 1. The van der Waals surface area contributed by atoms with Gasteiger partial charge in [0.2, 0.25) is 0 Å². The first-order valence-electron chi connectivity index (χ1n) is 8.82. The van der Waals surface area contributed by atoms with Gasteiger partial charge in [-0.3, -0.25) is 9.09 Å². The topological polar surface area (TPSA) is 308 Å². The Morgan fingerprint density at radius 3 is 2.54 bits per heavy atom. The van der Waals surface area contributed by atoms with Crippen LogP contribution in [0.25, 0.3) is 21.6 Å². The molecule has 2 aromatic heterocycles. The fourth-order valence-corrected chi connectivity index (χ4v) is 6.11. The van der Waals surface area contributed by atoms with Crippen LogP contribution in [-0.4, -0.2) is 75.2 Å². The number of rotatable bonds is 10. The minimum Gasteiger partial charge on any atom is -0.387 e. The number of aliphatic hydroxyl groups excluding tert-OH is 1. The Morgan fingerprint density at radius 2 is 1.91 bits per heavy atom. The molecular formula is C11H16FN8O12P3. The summed E-state index contributed by atoms with van der Waals surface area (Å²) in [6.45, 7) is -2.18. The largest absolute Gasteiger partial charge is 0.490 e. The van der Waals surface area contributed by atoms with Gasteiger partial charge in [-0.15, -0.1) is 0 Å². The third-order valence-corrected chi connectivity index (χ3v) is 8.20. The second-order valence-electron chi connectivity index (χ2n) is 6.80. The number of nitrogens with two attached hydrogens (primary N) is 1. The minimum absolute atomic E-state index is 0.0233. The third-order valence-electron chi connectivity index (χ3n) is 4.42. The number of nitrogens with zero attached hydrogens (tertiary/aromatic N) is 7. The van der Waals surface area contributed by atoms with Crippen molar-refractivity contribution in [2.75, 3.05) is 18.9 Å². The van der Waals surface area contributed by atoms with Crippen LogP contribution in [0, 0.1) is 0 Å². The lowest BCUT2D eigenvalue weighted by Crippen LogP contribution is -2.48. The van der Waals surface area contributed by atoms with Crippen LogP contribution in [0.15, 0.2) is 17.8 Å². The zero-order valence-corrected chi connectivity index (χ0v) is 19.5. The summed E-state index contributed by atoms with van der Waals surface area (Å²) in [5.74, 6) is -0.0595. The van der Waals surface area contributed by atoms with E-state index < -0.39 is 60.7 Å². The maximum atomic E-state index is 15.1. The minimum atomic E-state index is -5.85. The molecule has 24 heteroatoms. The molecule has 1 aliphatic heterocycles. The molecule has 3 heterocycles. The van der Waals surface area contributed by atoms with Gasteiger partial charge >= 0.3 is 23.5 Å². The maximum absolute atomic E-state index is 15.1. The van der Waals surface area contributed by atoms with Crippen molar-refractivity contribution in [3.63, 3.8) is 0 Å². The quantitative estimate of drug-likeness (QED) is 0.0959. The van der Waals surface area contributed by atoms with E-state index in [-0.39, 0.29) is 17.0 Å². The molecule has 0 spiro atoms. The molecule has 1 saturated heterocycles. The van der Waals surface area contributed by atoms with Crippen molar-refractivity contribution in [1.29, 1.82) is 0 Å². The number of alkyl halides is 1. The number of phosphoric ester groups is 1. The van der Waals surface area contributed by atoms with E-state index in [4.69, 9.17) is 25.8 Å². The fourth-order valence-electron chi connectivity index (χ4n) is 3.03. The smallest absolute Gasteiger partial charge is 0.387 e. The number of azide groups is 1. The van der Waals surface area contributed by atoms with Crippen molar-refractivity contribution in [1.82, 2.24) is 19.5 Å². The molecule has 0 aromatic carbocycles. The van der Waals surface area contributed by atoms with E-state index in [9.17, 15) is 28.6 Å². The summed E-state index contributed by atoms with van der Waals surface area (Å²) in [6.07, 6.45) is -4.13. The second-order valence-corrected chi connectivity index (χ2v) is 11.2. The molecule has 7 N–H and O–H groups in total. The molecule has 1 aliphatic rings. The van der Waals surface area contributed by atoms with Crippen molar-refractivity contribution in [2.45, 2.75) is 24.1 Å². The van der Waals surface area contributed by atoms with Gasteiger partial charge in [0.15, 0.2) is 23.9 Å². The molecule has 0 bridgehead atoms. The number of anilines is 1. The molecule has 0 aliphatic carbocycles. The number of ether oxygens (including phenoxy) is 1. The number of aliphatic hydroxyl groups is 1. The predicted octanol–water partition coefficient (Wildman–Crippen LogP) is 0.0287. The summed E-state index contributed by atoms with van der Waals surface area (Å²) in [5, 5.41) is 13.7. The van der Waals surface area contributed by atoms with Gasteiger partial charge in [0, 0.05) is 4.91 Å². The maximum Gasteiger partial charge on any atom is 0.490 e. The molecule has 194 valence electrons. The van der Waals surface area contributed by atoms with Crippen molar-refractivity contribution >= 4 is 40.4 Å². The monoisotopic (exact) mass is 564 g/mol. The molecule has 2 unspecified atom stereocenters. The van der Waals surface area contributed by atoms with Gasteiger partial charge in [-0.05, 0) is 5.53 Å². The highest BCUT2D eigenvalue weighted by atomic mass is 31.3. The number of nitrogen functional groups attached to an aromatic ring is 1. The van der Waals surface area contributed by atoms with Crippen molar-refractivity contribution in [2.24, 2.45) is 5.11 Å². The average Bonchev–Trinajstić information content (AvgIpc) is 3.24. The van der Waals surface area contributed by atoms with Crippen LogP contribution >= 0.6 is 23.5 Å². The Morgan fingerprint density at radius 1 is 1.23 bits per heavy atom. The summed E-state index contributed by atoms with van der Waals surface area (Å²) in [5.41, 5.74) is 12.0. The van der Waals surface area contributed by atoms with E-state index in [0.717, 1.165) is 17.2 Å². The zero-order chi connectivity index (χ0) is 26.2. The Labute approximate surface area is 192 Å². The Hall–Kier alpha value is -2.08. The van der Waals surface area contributed by atoms with Crippen LogP contribution in [0.3, 0.4) is 0 Å². The highest BCUT2D eigenvalue weighted by Gasteiger charge is 2.57. The summed E-state index contributed by atoms with van der Waals surface area (Å²) >= 11 is 0. The Bertz CT molecular complexity index is 1300. The van der Waals surface area contributed by atoms with Gasteiger partial charge in [0.25, 0.3) is 0 Å². The van der Waals surface area contributed by atoms with E-state index in [1.54, 1.807) is 0 Å². The molecule has 3 rings (SSSR count). The van der Waals surface area contributed by atoms with Crippen molar-refractivity contribution in [3.05, 3.63) is 23.1 Å². The number of halogens is 1. The summed E-state index contributed by atoms with van der Waals surface area (Å²) in [4.78, 5) is 50.0. The molecule has 0 saturated carbocycles. The molecule has 20 nitrogen and oxygen atoms in total. The standard InChI is InChI=1S/C11H16FN8O12P3/c12-5-7(21)11(1-18-19-14,2-29-34(25,26)32-35(27,28)31-33(22,23)24)30-10(5)20-4-17-6-8(13)15-3-16-9(6)20/h3-5,7,10,21H,1-2H2,(H,25,26)(H,27,28)(H2,13,15,16)(H2,22,23,24)/t5-,7+,10-,11-/m1/s1. The molecule has 6 atom stereocenters. The van der Waals surface area contributed by atoms with E-state index in [2.05, 4.69) is 38.1 Å². The number of fused-ring (bicyclic) bond motifs is 1. The lowest BCUT2D eigenvalue weighted by atomic mass is 9.97. The summed E-state index contributed by atoms with van der Waals surface area (Å²) in [6, 6.07) is 0. The third kappa shape index (κ3) is 6.19. The fraction of sp³-hybridized carbons (Fsp3) is 0.545. The first-order valence-corrected chi connectivity index (χ1v) is 13.3. The van der Waals surface area contributed by atoms with Crippen LogP contribution < -0.4 is 5.73 Å². The highest BCUT2D eigenvalue weighted by Crippen LogP contribution is 2.66. The second kappa shape index (κ2) is 9.76. The summed E-state index contributed by atoms with van der Waals surface area (Å²) < 4.78 is 67.5. The Balaban J connectivity index is 1.87. The van der Waals surface area contributed by atoms with E-state index in [1.165, 1.54) is 0 Å². The number of hydrogen-bond donors (Lipinski definition) is 6. The molecule has 35 heavy (non-hydrogen) atoms. The average molecular weight is 564 g/mol. The highest BCUT2D eigenvalue weighted by molar-refractivity contribution is 7.66. The Kier molecular flexibility index (Phi) is 7.67.